The Labute approximate surface area is 155 Å². The number of nitrogens with one attached hydrogen (secondary N) is 1. The van der Waals surface area contributed by atoms with Crippen molar-refractivity contribution in [2.75, 3.05) is 18.5 Å². The average molecular weight is 462 g/mol. The van der Waals surface area contributed by atoms with Gasteiger partial charge in [-0.2, -0.15) is 0 Å². The standard InChI is InChI=1S/C16H12Br2ClNO3/c17-10-1-2-13(12(19)7-10)20-16(21)6-9-5-14-15(8-11(9)18)23-4-3-22-14/h1-2,5,7-8H,3-4,6H2,(H,20,21). The number of benzene rings is 2. The zero-order valence-corrected chi connectivity index (χ0v) is 15.8. The minimum absolute atomic E-state index is 0.161. The molecule has 0 bridgehead atoms. The first-order chi connectivity index (χ1) is 11.0. The van der Waals surface area contributed by atoms with Crippen molar-refractivity contribution in [1.82, 2.24) is 0 Å². The zero-order chi connectivity index (χ0) is 16.4. The molecule has 1 heterocycles. The summed E-state index contributed by atoms with van der Waals surface area (Å²) in [5.41, 5.74) is 1.40. The number of fused-ring (bicyclic) bond motifs is 1. The predicted octanol–water partition coefficient (Wildman–Crippen LogP) is 4.82. The number of hydrogen-bond acceptors (Lipinski definition) is 3. The van der Waals surface area contributed by atoms with Gasteiger partial charge in [-0.1, -0.05) is 43.5 Å². The third kappa shape index (κ3) is 4.00. The van der Waals surface area contributed by atoms with Crippen LogP contribution in [0.25, 0.3) is 0 Å². The Morgan fingerprint density at radius 1 is 1.13 bits per heavy atom. The lowest BCUT2D eigenvalue weighted by Gasteiger charge is -2.20. The topological polar surface area (TPSA) is 47.6 Å². The molecule has 0 aliphatic carbocycles. The molecule has 7 heteroatoms. The lowest BCUT2D eigenvalue weighted by Crippen LogP contribution is -2.17. The van der Waals surface area contributed by atoms with Crippen LogP contribution in [0.3, 0.4) is 0 Å². The van der Waals surface area contributed by atoms with Crippen LogP contribution in [0, 0.1) is 0 Å². The van der Waals surface area contributed by atoms with E-state index in [-0.39, 0.29) is 12.3 Å². The molecule has 1 aliphatic heterocycles. The molecule has 2 aromatic rings. The lowest BCUT2D eigenvalue weighted by molar-refractivity contribution is -0.115. The summed E-state index contributed by atoms with van der Waals surface area (Å²) >= 11 is 12.9. The number of halogens is 3. The number of rotatable bonds is 3. The van der Waals surface area contributed by atoms with Gasteiger partial charge in [-0.3, -0.25) is 4.79 Å². The number of anilines is 1. The van der Waals surface area contributed by atoms with Gasteiger partial charge in [-0.25, -0.2) is 0 Å². The summed E-state index contributed by atoms with van der Waals surface area (Å²) in [4.78, 5) is 12.3. The third-order valence-corrected chi connectivity index (χ3v) is 4.81. The van der Waals surface area contributed by atoms with Crippen molar-refractivity contribution < 1.29 is 14.3 Å². The van der Waals surface area contributed by atoms with Crippen molar-refractivity contribution in [3.8, 4) is 11.5 Å². The summed E-state index contributed by atoms with van der Waals surface area (Å²) < 4.78 is 12.7. The Bertz CT molecular complexity index is 767. The van der Waals surface area contributed by atoms with Crippen molar-refractivity contribution in [2.45, 2.75) is 6.42 Å². The Morgan fingerprint density at radius 2 is 1.83 bits per heavy atom. The molecule has 0 unspecified atom stereocenters. The van der Waals surface area contributed by atoms with Gasteiger partial charge in [0.2, 0.25) is 5.91 Å². The van der Waals surface area contributed by atoms with Crippen molar-refractivity contribution >= 4 is 55.1 Å². The molecule has 0 atom stereocenters. The zero-order valence-electron chi connectivity index (χ0n) is 11.9. The quantitative estimate of drug-likeness (QED) is 0.713. The summed E-state index contributed by atoms with van der Waals surface area (Å²) in [7, 11) is 0. The molecule has 2 aromatic carbocycles. The molecule has 0 aromatic heterocycles. The minimum Gasteiger partial charge on any atom is -0.486 e. The van der Waals surface area contributed by atoms with E-state index in [0.29, 0.717) is 35.4 Å². The number of carbonyl (C=O) groups excluding carboxylic acids is 1. The van der Waals surface area contributed by atoms with Crippen LogP contribution < -0.4 is 14.8 Å². The van der Waals surface area contributed by atoms with E-state index >= 15 is 0 Å². The first-order valence-corrected chi connectivity index (χ1v) is 8.82. The second-order valence-corrected chi connectivity index (χ2v) is 7.11. The van der Waals surface area contributed by atoms with Gasteiger partial charge in [0.15, 0.2) is 11.5 Å². The largest absolute Gasteiger partial charge is 0.486 e. The third-order valence-electron chi connectivity index (χ3n) is 3.27. The monoisotopic (exact) mass is 459 g/mol. The smallest absolute Gasteiger partial charge is 0.228 e. The van der Waals surface area contributed by atoms with Crippen molar-refractivity contribution in [3.05, 3.63) is 49.9 Å². The van der Waals surface area contributed by atoms with Gasteiger partial charge in [0.25, 0.3) is 0 Å². The van der Waals surface area contributed by atoms with Crippen LogP contribution in [0.4, 0.5) is 5.69 Å². The maximum atomic E-state index is 12.3. The molecule has 1 amide bonds. The second kappa shape index (κ2) is 7.11. The molecule has 0 saturated carbocycles. The first-order valence-electron chi connectivity index (χ1n) is 6.86. The van der Waals surface area contributed by atoms with Crippen LogP contribution in [-0.2, 0) is 11.2 Å². The van der Waals surface area contributed by atoms with Crippen LogP contribution in [0.5, 0.6) is 11.5 Å². The molecule has 1 aliphatic rings. The van der Waals surface area contributed by atoms with Gasteiger partial charge >= 0.3 is 0 Å². The molecule has 0 saturated heterocycles. The van der Waals surface area contributed by atoms with Crippen LogP contribution in [0.2, 0.25) is 5.02 Å². The second-order valence-electron chi connectivity index (χ2n) is 4.94. The van der Waals surface area contributed by atoms with Crippen LogP contribution in [-0.4, -0.2) is 19.1 Å². The predicted molar refractivity (Wildman–Crippen MR) is 96.6 cm³/mol. The Morgan fingerprint density at radius 3 is 2.52 bits per heavy atom. The van der Waals surface area contributed by atoms with Crippen LogP contribution in [0.15, 0.2) is 39.3 Å². The van der Waals surface area contributed by atoms with Gasteiger partial charge in [0.1, 0.15) is 13.2 Å². The van der Waals surface area contributed by atoms with E-state index in [1.165, 1.54) is 0 Å². The Kier molecular flexibility index (Phi) is 5.14. The fourth-order valence-electron chi connectivity index (χ4n) is 2.20. The van der Waals surface area contributed by atoms with Crippen molar-refractivity contribution in [3.63, 3.8) is 0 Å². The Balaban J connectivity index is 1.75. The molecule has 23 heavy (non-hydrogen) atoms. The highest BCUT2D eigenvalue weighted by molar-refractivity contribution is 9.10. The van der Waals surface area contributed by atoms with Crippen molar-refractivity contribution in [1.29, 1.82) is 0 Å². The fraction of sp³-hybridized carbons (Fsp3) is 0.188. The molecular weight excluding hydrogens is 449 g/mol. The normalized spacial score (nSPS) is 12.8. The first kappa shape index (κ1) is 16.6. The summed E-state index contributed by atoms with van der Waals surface area (Å²) in [6, 6.07) is 8.95. The molecule has 1 N–H and O–H groups in total. The molecule has 0 spiro atoms. The fourth-order valence-corrected chi connectivity index (χ4v) is 3.38. The van der Waals surface area contributed by atoms with Crippen molar-refractivity contribution in [2.24, 2.45) is 0 Å². The number of ether oxygens (including phenoxy) is 2. The summed E-state index contributed by atoms with van der Waals surface area (Å²) in [6.07, 6.45) is 0.198. The Hall–Kier alpha value is -1.24. The van der Waals surface area contributed by atoms with E-state index in [1.807, 2.05) is 18.2 Å². The molecular formula is C16H12Br2ClNO3. The van der Waals surface area contributed by atoms with E-state index in [2.05, 4.69) is 37.2 Å². The van der Waals surface area contributed by atoms with E-state index in [4.69, 9.17) is 21.1 Å². The number of hydrogen-bond donors (Lipinski definition) is 1. The van der Waals surface area contributed by atoms with E-state index in [0.717, 1.165) is 14.5 Å². The van der Waals surface area contributed by atoms with E-state index in [1.54, 1.807) is 12.1 Å². The van der Waals surface area contributed by atoms with Gasteiger partial charge in [-0.15, -0.1) is 0 Å². The molecule has 3 rings (SSSR count). The molecule has 0 fully saturated rings. The molecule has 120 valence electrons. The highest BCUT2D eigenvalue weighted by Gasteiger charge is 2.17. The summed E-state index contributed by atoms with van der Waals surface area (Å²) in [6.45, 7) is 1.04. The number of carbonyl (C=O) groups is 1. The lowest BCUT2D eigenvalue weighted by atomic mass is 10.1. The highest BCUT2D eigenvalue weighted by atomic mass is 79.9. The van der Waals surface area contributed by atoms with Gasteiger partial charge in [0.05, 0.1) is 17.1 Å². The van der Waals surface area contributed by atoms with E-state index in [9.17, 15) is 4.79 Å². The number of amides is 1. The SMILES string of the molecule is O=C(Cc1cc2c(cc1Br)OCCO2)Nc1ccc(Br)cc1Cl. The maximum Gasteiger partial charge on any atom is 0.228 e. The summed E-state index contributed by atoms with van der Waals surface area (Å²) in [5.74, 6) is 1.18. The maximum absolute atomic E-state index is 12.3. The average Bonchev–Trinajstić information content (AvgIpc) is 2.51. The summed E-state index contributed by atoms with van der Waals surface area (Å²) in [5, 5.41) is 3.29. The highest BCUT2D eigenvalue weighted by Crippen LogP contribution is 2.36. The minimum atomic E-state index is -0.161. The van der Waals surface area contributed by atoms with E-state index < -0.39 is 0 Å². The van der Waals surface area contributed by atoms with Crippen LogP contribution in [0.1, 0.15) is 5.56 Å². The van der Waals surface area contributed by atoms with Gasteiger partial charge in [0, 0.05) is 8.95 Å². The van der Waals surface area contributed by atoms with Gasteiger partial charge < -0.3 is 14.8 Å². The van der Waals surface area contributed by atoms with Crippen LogP contribution >= 0.6 is 43.5 Å². The molecule has 4 nitrogen and oxygen atoms in total. The van der Waals surface area contributed by atoms with Gasteiger partial charge in [-0.05, 0) is 35.9 Å². The molecule has 0 radical (unpaired) electrons.